The van der Waals surface area contributed by atoms with Crippen molar-refractivity contribution in [3.8, 4) is 5.88 Å². The minimum absolute atomic E-state index is 0.111. The predicted octanol–water partition coefficient (Wildman–Crippen LogP) is 2.22. The van der Waals surface area contributed by atoms with E-state index in [0.717, 1.165) is 36.5 Å². The van der Waals surface area contributed by atoms with Crippen molar-refractivity contribution in [2.24, 2.45) is 0 Å². The van der Waals surface area contributed by atoms with E-state index >= 15 is 0 Å². The van der Waals surface area contributed by atoms with Crippen LogP contribution in [0.25, 0.3) is 0 Å². The monoisotopic (exact) mass is 389 g/mol. The Kier molecular flexibility index (Phi) is 4.30. The smallest absolute Gasteiger partial charge is 0.268 e. The van der Waals surface area contributed by atoms with Gasteiger partial charge >= 0.3 is 0 Å². The maximum absolute atomic E-state index is 12.7. The van der Waals surface area contributed by atoms with Gasteiger partial charge in [0.25, 0.3) is 5.56 Å². The van der Waals surface area contributed by atoms with Crippen LogP contribution >= 0.6 is 0 Å². The van der Waals surface area contributed by atoms with Gasteiger partial charge in [-0.2, -0.15) is 10.1 Å². The van der Waals surface area contributed by atoms with Gasteiger partial charge in [0.05, 0.1) is 18.4 Å². The van der Waals surface area contributed by atoms with E-state index in [9.17, 15) is 4.79 Å². The number of hydrogen-bond donors (Lipinski definition) is 0. The van der Waals surface area contributed by atoms with Crippen LogP contribution < -0.4 is 15.2 Å². The molecule has 0 saturated carbocycles. The lowest BCUT2D eigenvalue weighted by Gasteiger charge is -2.30. The fraction of sp³-hybridized carbons (Fsp3) is 0.364. The van der Waals surface area contributed by atoms with Crippen molar-refractivity contribution in [2.75, 3.05) is 11.4 Å². The average molecular weight is 389 g/mol. The molecule has 7 nitrogen and oxygen atoms in total. The molecular formula is C22H23N5O2. The van der Waals surface area contributed by atoms with E-state index in [1.165, 1.54) is 15.8 Å². The molecule has 0 N–H and O–H groups in total. The third kappa shape index (κ3) is 3.37. The Morgan fingerprint density at radius 3 is 2.83 bits per heavy atom. The normalized spacial score (nSPS) is 17.6. The Bertz CT molecular complexity index is 1140. The largest absolute Gasteiger partial charge is 0.472 e. The Balaban J connectivity index is 1.31. The molecule has 2 aliphatic rings. The van der Waals surface area contributed by atoms with Crippen molar-refractivity contribution in [1.82, 2.24) is 19.7 Å². The molecule has 0 saturated heterocycles. The third-order valence-corrected chi connectivity index (χ3v) is 5.73. The Morgan fingerprint density at radius 2 is 2.00 bits per heavy atom. The summed E-state index contributed by atoms with van der Waals surface area (Å²) in [5.74, 6) is 1.33. The van der Waals surface area contributed by atoms with Crippen LogP contribution in [0.5, 0.6) is 5.88 Å². The SMILES string of the molecule is Cc1nc(C)c2c(n1)OC(Cn1ncc(N3CCc4ccccc4C3)cc1=O)C2. The third-order valence-electron chi connectivity index (χ3n) is 5.73. The Labute approximate surface area is 169 Å². The summed E-state index contributed by atoms with van der Waals surface area (Å²) >= 11 is 0. The fourth-order valence-electron chi connectivity index (χ4n) is 4.21. The molecular weight excluding hydrogens is 366 g/mol. The van der Waals surface area contributed by atoms with Gasteiger partial charge in [0.1, 0.15) is 11.9 Å². The highest BCUT2D eigenvalue weighted by Gasteiger charge is 2.28. The zero-order valence-electron chi connectivity index (χ0n) is 16.6. The van der Waals surface area contributed by atoms with Crippen LogP contribution in [0, 0.1) is 13.8 Å². The maximum Gasteiger partial charge on any atom is 0.268 e. The highest BCUT2D eigenvalue weighted by molar-refractivity contribution is 5.47. The first-order valence-corrected chi connectivity index (χ1v) is 9.96. The van der Waals surface area contributed by atoms with E-state index in [2.05, 4.69) is 44.2 Å². The number of aromatic nitrogens is 4. The predicted molar refractivity (Wildman–Crippen MR) is 109 cm³/mol. The molecule has 5 rings (SSSR count). The molecule has 0 radical (unpaired) electrons. The van der Waals surface area contributed by atoms with E-state index in [4.69, 9.17) is 4.74 Å². The van der Waals surface area contributed by atoms with Crippen LogP contribution in [-0.2, 0) is 25.9 Å². The summed E-state index contributed by atoms with van der Waals surface area (Å²) in [6.45, 7) is 5.92. The second-order valence-corrected chi connectivity index (χ2v) is 7.76. The number of fused-ring (bicyclic) bond motifs is 2. The topological polar surface area (TPSA) is 73.1 Å². The van der Waals surface area contributed by atoms with Crippen LogP contribution in [-0.4, -0.2) is 32.4 Å². The highest BCUT2D eigenvalue weighted by atomic mass is 16.5. The summed E-state index contributed by atoms with van der Waals surface area (Å²) in [4.78, 5) is 23.7. The van der Waals surface area contributed by atoms with Crippen molar-refractivity contribution in [3.05, 3.63) is 75.1 Å². The molecule has 3 aromatic rings. The van der Waals surface area contributed by atoms with Gasteiger partial charge < -0.3 is 9.64 Å². The molecule has 0 aliphatic carbocycles. The molecule has 1 atom stereocenters. The fourth-order valence-corrected chi connectivity index (χ4v) is 4.21. The van der Waals surface area contributed by atoms with E-state index in [-0.39, 0.29) is 11.7 Å². The van der Waals surface area contributed by atoms with E-state index in [1.54, 1.807) is 12.3 Å². The van der Waals surface area contributed by atoms with Crippen LogP contribution in [0.15, 0.2) is 41.3 Å². The molecule has 1 unspecified atom stereocenters. The lowest BCUT2D eigenvalue weighted by atomic mass is 10.00. The van der Waals surface area contributed by atoms with Gasteiger partial charge in [-0.25, -0.2) is 9.67 Å². The molecule has 0 amide bonds. The summed E-state index contributed by atoms with van der Waals surface area (Å²) in [5, 5.41) is 4.42. The van der Waals surface area contributed by atoms with Crippen LogP contribution in [0.1, 0.15) is 28.2 Å². The van der Waals surface area contributed by atoms with Gasteiger partial charge in [0.15, 0.2) is 0 Å². The number of anilines is 1. The lowest BCUT2D eigenvalue weighted by molar-refractivity contribution is 0.194. The first-order chi connectivity index (χ1) is 14.1. The van der Waals surface area contributed by atoms with Gasteiger partial charge in [-0.05, 0) is 31.4 Å². The second-order valence-electron chi connectivity index (χ2n) is 7.76. The van der Waals surface area contributed by atoms with Gasteiger partial charge in [-0.1, -0.05) is 24.3 Å². The molecule has 4 heterocycles. The van der Waals surface area contributed by atoms with Crippen molar-refractivity contribution in [1.29, 1.82) is 0 Å². The summed E-state index contributed by atoms with van der Waals surface area (Å²) in [6, 6.07) is 10.1. The summed E-state index contributed by atoms with van der Waals surface area (Å²) < 4.78 is 7.43. The zero-order chi connectivity index (χ0) is 20.0. The number of nitrogens with zero attached hydrogens (tertiary/aromatic N) is 5. The quantitative estimate of drug-likeness (QED) is 0.684. The molecule has 0 bridgehead atoms. The second kappa shape index (κ2) is 6.99. The molecule has 29 heavy (non-hydrogen) atoms. The van der Waals surface area contributed by atoms with Gasteiger partial charge in [-0.15, -0.1) is 0 Å². The first-order valence-electron chi connectivity index (χ1n) is 9.96. The average Bonchev–Trinajstić information content (AvgIpc) is 3.12. The Hall–Kier alpha value is -3.22. The van der Waals surface area contributed by atoms with E-state index in [1.807, 2.05) is 13.8 Å². The van der Waals surface area contributed by atoms with Crippen molar-refractivity contribution in [3.63, 3.8) is 0 Å². The van der Waals surface area contributed by atoms with E-state index in [0.29, 0.717) is 24.7 Å². The minimum atomic E-state index is -0.155. The number of ether oxygens (including phenoxy) is 1. The molecule has 2 aliphatic heterocycles. The number of benzene rings is 1. The summed E-state index contributed by atoms with van der Waals surface area (Å²) in [7, 11) is 0. The van der Waals surface area contributed by atoms with Gasteiger partial charge in [0.2, 0.25) is 5.88 Å². The summed E-state index contributed by atoms with van der Waals surface area (Å²) in [6.07, 6.45) is 3.30. The summed E-state index contributed by atoms with van der Waals surface area (Å²) in [5.41, 5.74) is 5.42. The molecule has 1 aromatic carbocycles. The molecule has 7 heteroatoms. The van der Waals surface area contributed by atoms with Crippen LogP contribution in [0.3, 0.4) is 0 Å². The highest BCUT2D eigenvalue weighted by Crippen LogP contribution is 2.29. The lowest BCUT2D eigenvalue weighted by Crippen LogP contribution is -2.34. The standard InChI is InChI=1S/C22H23N5O2/c1-14-20-10-19(29-22(20)25-15(2)24-14)13-27-21(28)9-18(11-23-27)26-8-7-16-5-3-4-6-17(16)12-26/h3-6,9,11,19H,7-8,10,12-13H2,1-2H3. The first kappa shape index (κ1) is 17.8. The van der Waals surface area contributed by atoms with Crippen molar-refractivity contribution < 1.29 is 4.74 Å². The molecule has 2 aromatic heterocycles. The Morgan fingerprint density at radius 1 is 1.17 bits per heavy atom. The molecule has 0 fully saturated rings. The number of rotatable bonds is 3. The van der Waals surface area contributed by atoms with Crippen molar-refractivity contribution in [2.45, 2.75) is 45.9 Å². The van der Waals surface area contributed by atoms with E-state index < -0.39 is 0 Å². The molecule has 0 spiro atoms. The minimum Gasteiger partial charge on any atom is -0.472 e. The van der Waals surface area contributed by atoms with Crippen LogP contribution in [0.4, 0.5) is 5.69 Å². The number of aryl methyl sites for hydroxylation is 2. The number of hydrogen-bond acceptors (Lipinski definition) is 6. The zero-order valence-corrected chi connectivity index (χ0v) is 16.6. The van der Waals surface area contributed by atoms with Gasteiger partial charge in [0, 0.05) is 36.8 Å². The van der Waals surface area contributed by atoms with Crippen LogP contribution in [0.2, 0.25) is 0 Å². The van der Waals surface area contributed by atoms with Gasteiger partial charge in [-0.3, -0.25) is 4.79 Å². The maximum atomic E-state index is 12.7. The van der Waals surface area contributed by atoms with Crippen molar-refractivity contribution >= 4 is 5.69 Å². The molecule has 148 valence electrons.